The van der Waals surface area contributed by atoms with Gasteiger partial charge < -0.3 is 15.6 Å². The van der Waals surface area contributed by atoms with E-state index in [1.807, 2.05) is 38.1 Å². The van der Waals surface area contributed by atoms with E-state index in [1.165, 1.54) is 16.5 Å². The fraction of sp³-hybridized carbons (Fsp3) is 0.167. The smallest absolute Gasteiger partial charge is 0.257 e. The number of nitrogens with one attached hydrogen (secondary N) is 3. The third kappa shape index (κ3) is 4.29. The lowest BCUT2D eigenvalue weighted by molar-refractivity contribution is 0.102. The zero-order valence-electron chi connectivity index (χ0n) is 16.6. The Bertz CT molecular complexity index is 1160. The quantitative estimate of drug-likeness (QED) is 0.434. The van der Waals surface area contributed by atoms with Crippen LogP contribution in [-0.4, -0.2) is 22.4 Å². The molecule has 0 bridgehead atoms. The van der Waals surface area contributed by atoms with E-state index in [9.17, 15) is 4.79 Å². The molecule has 0 fully saturated rings. The molecule has 0 aliphatic carbocycles. The fourth-order valence-corrected chi connectivity index (χ4v) is 3.49. The first-order valence-corrected chi connectivity index (χ1v) is 9.73. The van der Waals surface area contributed by atoms with Crippen molar-refractivity contribution in [1.29, 1.82) is 0 Å². The van der Waals surface area contributed by atoms with Crippen LogP contribution in [0.1, 0.15) is 27.0 Å². The van der Waals surface area contributed by atoms with E-state index in [2.05, 4.69) is 51.1 Å². The molecule has 2 heterocycles. The second kappa shape index (κ2) is 8.19. The molecule has 2 aromatic heterocycles. The summed E-state index contributed by atoms with van der Waals surface area (Å²) in [5.74, 6) is -0.162. The van der Waals surface area contributed by atoms with Gasteiger partial charge in [-0.3, -0.25) is 9.78 Å². The van der Waals surface area contributed by atoms with Crippen LogP contribution in [0.4, 0.5) is 11.4 Å². The van der Waals surface area contributed by atoms with Crippen molar-refractivity contribution in [2.75, 3.05) is 17.2 Å². The lowest BCUT2D eigenvalue weighted by Crippen LogP contribution is -2.14. The summed E-state index contributed by atoms with van der Waals surface area (Å²) >= 11 is 0. The molecule has 2 aromatic carbocycles. The van der Waals surface area contributed by atoms with Gasteiger partial charge in [0.2, 0.25) is 0 Å². The molecule has 0 saturated heterocycles. The molecule has 29 heavy (non-hydrogen) atoms. The molecule has 0 aliphatic rings. The van der Waals surface area contributed by atoms with Crippen molar-refractivity contribution in [2.24, 2.45) is 0 Å². The van der Waals surface area contributed by atoms with E-state index >= 15 is 0 Å². The van der Waals surface area contributed by atoms with Gasteiger partial charge in [0.15, 0.2) is 0 Å². The van der Waals surface area contributed by atoms with Crippen molar-refractivity contribution < 1.29 is 4.79 Å². The summed E-state index contributed by atoms with van der Waals surface area (Å²) in [7, 11) is 0. The van der Waals surface area contributed by atoms with Crippen LogP contribution in [0.15, 0.2) is 67.1 Å². The van der Waals surface area contributed by atoms with Crippen molar-refractivity contribution in [1.82, 2.24) is 9.97 Å². The summed E-state index contributed by atoms with van der Waals surface area (Å²) in [5, 5.41) is 7.58. The molecule has 0 saturated carbocycles. The molecule has 146 valence electrons. The summed E-state index contributed by atoms with van der Waals surface area (Å²) in [6.45, 7) is 4.78. The van der Waals surface area contributed by atoms with Gasteiger partial charge in [-0.2, -0.15) is 0 Å². The van der Waals surface area contributed by atoms with Crippen LogP contribution < -0.4 is 10.6 Å². The van der Waals surface area contributed by atoms with Crippen LogP contribution in [0.25, 0.3) is 10.9 Å². The normalized spacial score (nSPS) is 10.8. The number of nitrogens with zero attached hydrogens (tertiary/aromatic N) is 1. The second-order valence-electron chi connectivity index (χ2n) is 7.27. The maximum atomic E-state index is 12.6. The average molecular weight is 384 g/mol. The molecule has 0 aliphatic heterocycles. The Hall–Kier alpha value is -3.60. The predicted molar refractivity (Wildman–Crippen MR) is 119 cm³/mol. The Labute approximate surface area is 170 Å². The molecule has 0 unspecified atom stereocenters. The number of amides is 1. The first-order chi connectivity index (χ1) is 14.1. The minimum atomic E-state index is -0.162. The predicted octanol–water partition coefficient (Wildman–Crippen LogP) is 5.09. The number of H-pyrrole nitrogens is 1. The first-order valence-electron chi connectivity index (χ1n) is 9.73. The maximum absolute atomic E-state index is 12.6. The topological polar surface area (TPSA) is 69.8 Å². The lowest BCUT2D eigenvalue weighted by atomic mass is 10.1. The van der Waals surface area contributed by atoms with Crippen molar-refractivity contribution in [3.05, 3.63) is 89.4 Å². The van der Waals surface area contributed by atoms with Gasteiger partial charge in [0, 0.05) is 41.7 Å². The van der Waals surface area contributed by atoms with Crippen LogP contribution in [0.2, 0.25) is 0 Å². The first kappa shape index (κ1) is 18.7. The number of para-hydroxylation sites is 1. The van der Waals surface area contributed by atoms with Gasteiger partial charge in [0.25, 0.3) is 5.91 Å². The number of pyridine rings is 1. The minimum absolute atomic E-state index is 0.162. The average Bonchev–Trinajstić information content (AvgIpc) is 3.13. The van der Waals surface area contributed by atoms with Gasteiger partial charge in [0.05, 0.1) is 11.3 Å². The molecule has 4 rings (SSSR count). The summed E-state index contributed by atoms with van der Waals surface area (Å²) in [6.07, 6.45) is 6.26. The Morgan fingerprint density at radius 2 is 1.93 bits per heavy atom. The third-order valence-corrected chi connectivity index (χ3v) is 5.03. The van der Waals surface area contributed by atoms with E-state index in [-0.39, 0.29) is 5.91 Å². The highest BCUT2D eigenvalue weighted by Gasteiger charge is 2.09. The Morgan fingerprint density at radius 1 is 1.07 bits per heavy atom. The summed E-state index contributed by atoms with van der Waals surface area (Å²) < 4.78 is 0. The standard InChI is InChI=1S/C24H24N4O/c1-16-7-8-22(17(2)11-16)28-24(29)19-12-20(15-25-13-19)26-10-9-18-14-27-23-6-4-3-5-21(18)23/h3-8,11-15,26-27H,9-10H2,1-2H3,(H,28,29). The third-order valence-electron chi connectivity index (χ3n) is 5.03. The van der Waals surface area contributed by atoms with Crippen molar-refractivity contribution in [3.8, 4) is 0 Å². The van der Waals surface area contributed by atoms with Crippen LogP contribution in [0.3, 0.4) is 0 Å². The number of hydrogen-bond acceptors (Lipinski definition) is 3. The van der Waals surface area contributed by atoms with Crippen LogP contribution in [0, 0.1) is 13.8 Å². The number of rotatable bonds is 6. The zero-order chi connectivity index (χ0) is 20.2. The highest BCUT2D eigenvalue weighted by atomic mass is 16.1. The number of aromatic nitrogens is 2. The summed E-state index contributed by atoms with van der Waals surface area (Å²) in [5.41, 5.74) is 6.81. The maximum Gasteiger partial charge on any atom is 0.257 e. The largest absolute Gasteiger partial charge is 0.383 e. The number of benzene rings is 2. The molecule has 4 aromatic rings. The summed E-state index contributed by atoms with van der Waals surface area (Å²) in [4.78, 5) is 20.1. The number of fused-ring (bicyclic) bond motifs is 1. The number of anilines is 2. The van der Waals surface area contributed by atoms with Crippen molar-refractivity contribution in [2.45, 2.75) is 20.3 Å². The molecule has 5 heteroatoms. The van der Waals surface area contributed by atoms with E-state index in [0.717, 1.165) is 35.4 Å². The van der Waals surface area contributed by atoms with Crippen molar-refractivity contribution >= 4 is 28.2 Å². The molecule has 1 amide bonds. The monoisotopic (exact) mass is 384 g/mol. The van der Waals surface area contributed by atoms with Gasteiger partial charge >= 0.3 is 0 Å². The van der Waals surface area contributed by atoms with Crippen LogP contribution in [-0.2, 0) is 6.42 Å². The van der Waals surface area contributed by atoms with Gasteiger partial charge in [-0.25, -0.2) is 0 Å². The number of carbonyl (C=O) groups excluding carboxylic acids is 1. The molecule has 0 radical (unpaired) electrons. The van der Waals surface area contributed by atoms with Crippen LogP contribution in [0.5, 0.6) is 0 Å². The number of aromatic amines is 1. The minimum Gasteiger partial charge on any atom is -0.383 e. The molecule has 5 nitrogen and oxygen atoms in total. The Morgan fingerprint density at radius 3 is 2.79 bits per heavy atom. The van der Waals surface area contributed by atoms with Gasteiger partial charge in [-0.15, -0.1) is 0 Å². The van der Waals surface area contributed by atoms with E-state index in [4.69, 9.17) is 0 Å². The van der Waals surface area contributed by atoms with E-state index < -0.39 is 0 Å². The summed E-state index contributed by atoms with van der Waals surface area (Å²) in [6, 6.07) is 16.1. The Kier molecular flexibility index (Phi) is 5.29. The highest BCUT2D eigenvalue weighted by Crippen LogP contribution is 2.19. The Balaban J connectivity index is 1.39. The number of aryl methyl sites for hydroxylation is 2. The fourth-order valence-electron chi connectivity index (χ4n) is 3.49. The van der Waals surface area contributed by atoms with Crippen molar-refractivity contribution in [3.63, 3.8) is 0 Å². The number of carbonyl (C=O) groups is 1. The SMILES string of the molecule is Cc1ccc(NC(=O)c2cncc(NCCc3c[nH]c4ccccc34)c2)c(C)c1. The molecule has 3 N–H and O–H groups in total. The molecular weight excluding hydrogens is 360 g/mol. The van der Waals surface area contributed by atoms with Crippen LogP contribution >= 0.6 is 0 Å². The molecule has 0 spiro atoms. The molecule has 0 atom stereocenters. The molecular formula is C24H24N4O. The van der Waals surface area contributed by atoms with Gasteiger partial charge in [-0.1, -0.05) is 35.9 Å². The van der Waals surface area contributed by atoms with E-state index in [0.29, 0.717) is 5.56 Å². The van der Waals surface area contributed by atoms with E-state index in [1.54, 1.807) is 12.4 Å². The number of hydrogen-bond donors (Lipinski definition) is 3. The lowest BCUT2D eigenvalue weighted by Gasteiger charge is -2.10. The highest BCUT2D eigenvalue weighted by molar-refractivity contribution is 6.04. The second-order valence-corrected chi connectivity index (χ2v) is 7.27. The van der Waals surface area contributed by atoms with Gasteiger partial charge in [0.1, 0.15) is 0 Å². The zero-order valence-corrected chi connectivity index (χ0v) is 16.6. The van der Waals surface area contributed by atoms with Gasteiger partial charge in [-0.05, 0) is 49.6 Å².